The number of para-hydroxylation sites is 1. The molecule has 2 amide bonds. The maximum Gasteiger partial charge on any atom is 0.418 e. The smallest absolute Gasteiger partial charge is 0.418 e. The number of aromatic nitrogens is 4. The van der Waals surface area contributed by atoms with Crippen LogP contribution in [0.25, 0.3) is 0 Å². The van der Waals surface area contributed by atoms with Crippen LogP contribution in [0.2, 0.25) is 0 Å². The number of rotatable bonds is 15. The summed E-state index contributed by atoms with van der Waals surface area (Å²) in [4.78, 5) is 59.0. The molecule has 2 unspecified atom stereocenters. The Morgan fingerprint density at radius 3 is 1.52 bits per heavy atom. The highest BCUT2D eigenvalue weighted by atomic mass is 79.9. The molecule has 0 radical (unpaired) electrons. The Labute approximate surface area is 557 Å². The van der Waals surface area contributed by atoms with Gasteiger partial charge in [0.1, 0.15) is 38.1 Å². The number of amides is 2. The molecule has 504 valence electrons. The summed E-state index contributed by atoms with van der Waals surface area (Å²) in [6.07, 6.45) is -3.67. The molecule has 6 aliphatic heterocycles. The van der Waals surface area contributed by atoms with Crippen molar-refractivity contribution < 1.29 is 54.9 Å². The number of likely N-dealkylation sites (N-methyl/N-ethyl adjacent to an activating group) is 2. The largest absolute Gasteiger partial charge is 0.462 e. The minimum Gasteiger partial charge on any atom is -0.462 e. The Bertz CT molecular complexity index is 3640. The van der Waals surface area contributed by atoms with E-state index in [0.717, 1.165) is 91.2 Å². The van der Waals surface area contributed by atoms with Crippen LogP contribution >= 0.6 is 15.9 Å². The summed E-state index contributed by atoms with van der Waals surface area (Å²) in [7, 11) is 4.18. The van der Waals surface area contributed by atoms with E-state index in [4.69, 9.17) is 38.9 Å². The van der Waals surface area contributed by atoms with Gasteiger partial charge in [0.25, 0.3) is 0 Å². The SMILES string of the molecule is CN1CCC[C@H]1COc1nc2c(c(N3CCN(C(=O)OCc4ccccc4)C(CC#N)C3)n1)CCN(c1ccccc1C(F)(F)F)C2.CN1CCC[C@H]1COc1nc2c(c(N3CCN(C(=O)OCc4ccccc4)C(CC#N)C3)n1)CCNC2.FC(F)(F)c1ccccc1Br. The Morgan fingerprint density at radius 1 is 0.568 bits per heavy atom. The number of carbonyl (C=O) groups excluding carboxylic acids is 2. The molecule has 8 heterocycles. The van der Waals surface area contributed by atoms with Crippen LogP contribution < -0.4 is 29.5 Å². The second kappa shape index (κ2) is 32.3. The van der Waals surface area contributed by atoms with Gasteiger partial charge in [-0.05, 0) is 108 Å². The zero-order valence-electron chi connectivity index (χ0n) is 53.1. The molecule has 2 aromatic heterocycles. The molecule has 4 aromatic carbocycles. The molecule has 0 spiro atoms. The van der Waals surface area contributed by atoms with Crippen molar-refractivity contribution in [1.82, 2.24) is 44.9 Å². The van der Waals surface area contributed by atoms with Gasteiger partial charge in [-0.2, -0.15) is 56.8 Å². The van der Waals surface area contributed by atoms with Gasteiger partial charge in [0.05, 0.1) is 66.1 Å². The second-order valence-corrected chi connectivity index (χ2v) is 25.0. The number of piperazine rings is 2. The number of halogens is 7. The number of hydrogen-bond acceptors (Lipinski definition) is 18. The molecular formula is C68H77BrF6N14O6. The van der Waals surface area contributed by atoms with Crippen molar-refractivity contribution in [2.45, 2.75) is 114 Å². The summed E-state index contributed by atoms with van der Waals surface area (Å²) in [5.74, 6) is 1.50. The van der Waals surface area contributed by atoms with E-state index in [2.05, 4.69) is 62.2 Å². The average molecular weight is 1380 g/mol. The summed E-state index contributed by atoms with van der Waals surface area (Å²) in [6.45, 7) is 8.07. The van der Waals surface area contributed by atoms with Gasteiger partial charge in [-0.15, -0.1) is 0 Å². The normalized spacial score (nSPS) is 19.8. The summed E-state index contributed by atoms with van der Waals surface area (Å²) in [5.41, 5.74) is 4.12. The molecule has 6 aromatic rings. The summed E-state index contributed by atoms with van der Waals surface area (Å²) >= 11 is 2.81. The first kappa shape index (κ1) is 69.3. The van der Waals surface area contributed by atoms with E-state index >= 15 is 0 Å². The number of nitrogens with one attached hydrogen (secondary N) is 1. The van der Waals surface area contributed by atoms with E-state index in [9.17, 15) is 46.5 Å². The van der Waals surface area contributed by atoms with E-state index in [1.807, 2.05) is 65.6 Å². The monoisotopic (exact) mass is 1380 g/mol. The van der Waals surface area contributed by atoms with Crippen LogP contribution in [-0.2, 0) is 61.0 Å². The summed E-state index contributed by atoms with van der Waals surface area (Å²) in [6, 6.07) is 34.8. The number of likely N-dealkylation sites (tertiary alicyclic amines) is 2. The lowest BCUT2D eigenvalue weighted by Crippen LogP contribution is -2.55. The van der Waals surface area contributed by atoms with E-state index in [1.54, 1.807) is 26.8 Å². The number of benzene rings is 4. The predicted molar refractivity (Wildman–Crippen MR) is 346 cm³/mol. The van der Waals surface area contributed by atoms with Crippen molar-refractivity contribution in [3.05, 3.63) is 158 Å². The van der Waals surface area contributed by atoms with E-state index < -0.39 is 35.6 Å². The molecule has 1 N–H and O–H groups in total. The van der Waals surface area contributed by atoms with Gasteiger partial charge in [-0.25, -0.2) is 9.59 Å². The number of anilines is 3. The number of nitrogens with zero attached hydrogens (tertiary/aromatic N) is 13. The number of nitriles is 2. The van der Waals surface area contributed by atoms with Crippen LogP contribution in [0.1, 0.15) is 83.3 Å². The van der Waals surface area contributed by atoms with E-state index in [0.29, 0.717) is 95.6 Å². The topological polar surface area (TPSA) is 205 Å². The number of alkyl halides is 6. The van der Waals surface area contributed by atoms with Crippen LogP contribution in [0, 0.1) is 22.7 Å². The van der Waals surface area contributed by atoms with E-state index in [-0.39, 0.29) is 66.9 Å². The lowest BCUT2D eigenvalue weighted by Gasteiger charge is -2.42. The lowest BCUT2D eigenvalue weighted by atomic mass is 10.0. The van der Waals surface area contributed by atoms with Gasteiger partial charge in [0.2, 0.25) is 0 Å². The Morgan fingerprint density at radius 2 is 1.04 bits per heavy atom. The molecule has 0 saturated carbocycles. The molecule has 6 aliphatic rings. The molecule has 95 heavy (non-hydrogen) atoms. The molecular weight excluding hydrogens is 1300 g/mol. The predicted octanol–water partition coefficient (Wildman–Crippen LogP) is 11.1. The van der Waals surface area contributed by atoms with E-state index in [1.165, 1.54) is 30.7 Å². The zero-order chi connectivity index (χ0) is 67.1. The zero-order valence-corrected chi connectivity index (χ0v) is 54.7. The first-order valence-corrected chi connectivity index (χ1v) is 32.7. The summed E-state index contributed by atoms with van der Waals surface area (Å²) < 4.78 is 101. The van der Waals surface area contributed by atoms with Gasteiger partial charge in [0, 0.05) is 85.7 Å². The molecule has 4 saturated heterocycles. The molecule has 4 atom stereocenters. The van der Waals surface area contributed by atoms with Crippen LogP contribution in [0.15, 0.2) is 114 Å². The molecule has 27 heteroatoms. The van der Waals surface area contributed by atoms with Gasteiger partial charge in [-0.3, -0.25) is 0 Å². The molecule has 0 bridgehead atoms. The number of hydrogen-bond donors (Lipinski definition) is 1. The minimum atomic E-state index is -4.49. The van der Waals surface area contributed by atoms with Crippen molar-refractivity contribution in [2.24, 2.45) is 0 Å². The molecule has 12 rings (SSSR count). The van der Waals surface area contributed by atoms with Crippen molar-refractivity contribution in [3.63, 3.8) is 0 Å². The number of carbonyl (C=O) groups is 2. The Balaban J connectivity index is 0.000000182. The van der Waals surface area contributed by atoms with Crippen LogP contribution in [-0.4, -0.2) is 169 Å². The van der Waals surface area contributed by atoms with Gasteiger partial charge >= 0.3 is 36.6 Å². The second-order valence-electron chi connectivity index (χ2n) is 24.2. The maximum atomic E-state index is 13.9. The third-order valence-electron chi connectivity index (χ3n) is 17.9. The molecule has 0 aliphatic carbocycles. The fourth-order valence-corrected chi connectivity index (χ4v) is 13.2. The van der Waals surface area contributed by atoms with Gasteiger partial charge < -0.3 is 58.6 Å². The highest BCUT2D eigenvalue weighted by molar-refractivity contribution is 9.10. The van der Waals surface area contributed by atoms with Crippen LogP contribution in [0.5, 0.6) is 12.0 Å². The standard InChI is InChI=1S/C34H38F3N7O3.C27H35N7O3.C7H4BrF3/c1-41-16-7-10-26(41)23-46-32-39-29-21-42(30-12-6-5-11-28(30)34(35,36)37)17-14-27(29)31(40-32)43-18-19-44(25(20-43)13-15-38)33(45)47-22-24-8-3-2-4-9-24;1-32-13-5-8-22(32)19-36-26-30-24-16-29-12-10-23(24)25(31-26)33-14-15-34(21(17-33)9-11-28)27(35)37-18-20-6-3-2-4-7-20;8-6-4-2-1-3-5(6)7(9,10)11/h2-6,8-9,11-12,25-26H,7,10,13-14,16-23H2,1H3;2-4,6-7,21-22,29H,5,8-10,12-19H2,1H3;1-4H/t25?,26-;21?,22-;/m00./s1. The quantitative estimate of drug-likeness (QED) is 0.0949. The molecule has 4 fully saturated rings. The average Bonchev–Trinajstić information content (AvgIpc) is 1.04. The van der Waals surface area contributed by atoms with Gasteiger partial charge in [-0.1, -0.05) is 101 Å². The van der Waals surface area contributed by atoms with Crippen LogP contribution in [0.3, 0.4) is 0 Å². The number of ether oxygens (including phenoxy) is 4. The van der Waals surface area contributed by atoms with Crippen molar-refractivity contribution in [3.8, 4) is 24.2 Å². The summed E-state index contributed by atoms with van der Waals surface area (Å²) in [5, 5.41) is 22.6. The highest BCUT2D eigenvalue weighted by Gasteiger charge is 2.40. The third-order valence-corrected chi connectivity index (χ3v) is 18.6. The first-order chi connectivity index (χ1) is 45.8. The minimum absolute atomic E-state index is 0.0764. The number of fused-ring (bicyclic) bond motifs is 2. The van der Waals surface area contributed by atoms with Gasteiger partial charge in [0.15, 0.2) is 0 Å². The Hall–Kier alpha value is -8.50. The fourth-order valence-electron chi connectivity index (χ4n) is 12.7. The van der Waals surface area contributed by atoms with Crippen LogP contribution in [0.4, 0.5) is 53.3 Å². The Kier molecular flexibility index (Phi) is 23.6. The lowest BCUT2D eigenvalue weighted by molar-refractivity contribution is -0.138. The first-order valence-electron chi connectivity index (χ1n) is 31.9. The molecule has 20 nitrogen and oxygen atoms in total. The van der Waals surface area contributed by atoms with Crippen molar-refractivity contribution in [2.75, 3.05) is 107 Å². The van der Waals surface area contributed by atoms with Crippen molar-refractivity contribution in [1.29, 1.82) is 10.5 Å². The van der Waals surface area contributed by atoms with Crippen molar-refractivity contribution >= 4 is 45.4 Å². The maximum absolute atomic E-state index is 13.9. The fraction of sp³-hybridized carbons (Fsp3) is 0.471. The third kappa shape index (κ3) is 18.1. The highest BCUT2D eigenvalue weighted by Crippen LogP contribution is 2.40.